The van der Waals surface area contributed by atoms with Crippen molar-refractivity contribution in [3.63, 3.8) is 0 Å². The molecule has 44 heteroatoms. The molecule has 0 aromatic heterocycles. The summed E-state index contributed by atoms with van der Waals surface area (Å²) in [5.41, 5.74) is 24.1. The quantitative estimate of drug-likeness (QED) is 0.0201. The molecular formula is C89H146N20O24. The molecule has 17 atom stereocenters. The number of benzene rings is 2. The van der Waals surface area contributed by atoms with E-state index in [4.69, 9.17) is 33.5 Å². The number of guanidine groups is 1. The number of carbonyl (C=O) groups is 18. The van der Waals surface area contributed by atoms with Gasteiger partial charge in [-0.25, -0.2) is 4.79 Å². The van der Waals surface area contributed by atoms with E-state index in [-0.39, 0.29) is 133 Å². The van der Waals surface area contributed by atoms with Crippen molar-refractivity contribution in [2.45, 2.75) is 315 Å². The molecule has 14 amide bonds. The standard InChI is InChI=1S/C89H146N20O24/c1-14-51(12)72(86(130)100-57(25-18-20-36-90)75(119)105-66(43-53-23-16-15-17-24-53)83(127)104-64(41-48(6)7)82(126)106-67(88(132)133)44-54-28-30-55(111)31-29-54)108-84(128)65(42-49(8)9)102-76(120)59(27-22-38-95-89(93)94)99-85(129)71(50(10)11)107-87(131)73(52(13)110)109-79(123)58(26-19-21-37-91)97-80(124)62(39-46(2)3)103-81(125)63(40-47(4)5)101-78(122)61(33-35-69(114)115)98-77(121)60(32-34-68(112)113)96-74(118)56(92)45-70(116)117/h15-17,23-24,28-31,46-52,56-67,71-73,110-111H,14,18-22,25-27,32-45,90-92H2,1-13H3,(H,96,118)(H,97,124)(H,98,121)(H,99,129)(H,100,130)(H,101,122)(H,102,120)(H,103,125)(H,104,127)(H,105,119)(H,106,126)(H,107,131)(H,108,128)(H,109,123)(H,112,113)(H,114,115)(H,116,117)(H,132,133)(H4,93,94,95)/t51-,52+,56-,57-,58-,59-,60-,61-,62-,63-,64-,65-,66-,67-,71-,72-,73-/m0/s1. The van der Waals surface area contributed by atoms with E-state index in [2.05, 4.69) is 79.8 Å². The zero-order chi connectivity index (χ0) is 101. The third-order valence-corrected chi connectivity index (χ3v) is 21.4. The van der Waals surface area contributed by atoms with Gasteiger partial charge in [-0.15, -0.1) is 0 Å². The first kappa shape index (κ1) is 117. The Kier molecular flexibility index (Phi) is 53.4. The molecule has 746 valence electrons. The number of hydrogen-bond donors (Lipinski definition) is 26. The molecule has 0 saturated carbocycles. The van der Waals surface area contributed by atoms with Crippen LogP contribution in [-0.2, 0) is 99.1 Å². The van der Waals surface area contributed by atoms with Gasteiger partial charge in [-0.1, -0.05) is 132 Å². The van der Waals surface area contributed by atoms with E-state index in [0.29, 0.717) is 24.0 Å². The van der Waals surface area contributed by atoms with Gasteiger partial charge in [0.1, 0.15) is 90.3 Å². The summed E-state index contributed by atoms with van der Waals surface area (Å²) in [7, 11) is 0. The second-order valence-corrected chi connectivity index (χ2v) is 35.5. The largest absolute Gasteiger partial charge is 0.508 e. The first-order valence-electron chi connectivity index (χ1n) is 45.3. The Morgan fingerprint density at radius 1 is 0.353 bits per heavy atom. The molecule has 0 bridgehead atoms. The fraction of sp³-hybridized carbons (Fsp3) is 0.652. The molecule has 0 spiro atoms. The Morgan fingerprint density at radius 3 is 1.03 bits per heavy atom. The number of aromatic hydroxyl groups is 1. The highest BCUT2D eigenvalue weighted by Gasteiger charge is 2.41. The minimum absolute atomic E-state index is 0.00353. The van der Waals surface area contributed by atoms with Crippen molar-refractivity contribution in [1.82, 2.24) is 79.8 Å². The number of carboxylic acid groups (broad SMARTS) is 4. The molecule has 2 aromatic rings. The van der Waals surface area contributed by atoms with Gasteiger partial charge in [0, 0.05) is 32.2 Å². The maximum Gasteiger partial charge on any atom is 0.326 e. The summed E-state index contributed by atoms with van der Waals surface area (Å²) in [6.45, 7) is 21.8. The summed E-state index contributed by atoms with van der Waals surface area (Å²) in [6.07, 6.45) is -4.76. The van der Waals surface area contributed by atoms with Crippen LogP contribution < -0.4 is 103 Å². The highest BCUT2D eigenvalue weighted by Crippen LogP contribution is 2.20. The van der Waals surface area contributed by atoms with Gasteiger partial charge in [-0.05, 0) is 169 Å². The molecule has 0 aliphatic heterocycles. The summed E-state index contributed by atoms with van der Waals surface area (Å²) in [5.74, 6) is -22.7. The van der Waals surface area contributed by atoms with Crippen LogP contribution in [0.1, 0.15) is 217 Å². The molecular weight excluding hydrogens is 1730 g/mol. The van der Waals surface area contributed by atoms with Crippen LogP contribution in [0.4, 0.5) is 0 Å². The zero-order valence-electron chi connectivity index (χ0n) is 78.5. The average Bonchev–Trinajstić information content (AvgIpc) is 0.841. The van der Waals surface area contributed by atoms with Crippen molar-refractivity contribution >= 4 is 113 Å². The molecule has 0 unspecified atom stereocenters. The number of unbranched alkanes of at least 4 members (excludes halogenated alkanes) is 2. The Morgan fingerprint density at radius 2 is 0.662 bits per heavy atom. The SMILES string of the molecule is CC[C@H](C)[C@H](NC(=O)[C@H](CC(C)C)NC(=O)[C@H](CCCNC(=N)N)NC(=O)[C@@H](NC(=O)[C@@H](NC(=O)[C@H](CCCCN)NC(=O)[C@H](CC(C)C)NC(=O)[C@H](CC(C)C)NC(=O)[C@H](CCC(=O)O)NC(=O)[C@H](CCC(=O)O)NC(=O)[C@@H](N)CC(=O)O)[C@@H](C)O)C(C)C)C(=O)N[C@@H](CCCCN)C(=O)N[C@@H](Cc1ccccc1)C(=O)N[C@@H](CC(C)C)C(=O)N[C@@H](Cc1ccc(O)cc1)C(=O)O. The van der Waals surface area contributed by atoms with Crippen molar-refractivity contribution in [2.24, 2.45) is 58.4 Å². The van der Waals surface area contributed by atoms with Crippen molar-refractivity contribution < 1.29 is 117 Å². The summed E-state index contributed by atoms with van der Waals surface area (Å²) in [6, 6.07) is -8.83. The van der Waals surface area contributed by atoms with Gasteiger partial charge in [-0.2, -0.15) is 0 Å². The van der Waals surface area contributed by atoms with Crippen LogP contribution in [0, 0.1) is 40.9 Å². The number of aliphatic carboxylic acids is 4. The van der Waals surface area contributed by atoms with E-state index in [1.54, 1.807) is 99.6 Å². The second-order valence-electron chi connectivity index (χ2n) is 35.5. The second kappa shape index (κ2) is 60.8. The number of phenolic OH excluding ortho intramolecular Hbond substituents is 1. The van der Waals surface area contributed by atoms with Crippen molar-refractivity contribution in [1.29, 1.82) is 5.41 Å². The molecule has 0 aliphatic rings. The van der Waals surface area contributed by atoms with Crippen LogP contribution in [0.2, 0.25) is 0 Å². The maximum atomic E-state index is 14.9. The predicted molar refractivity (Wildman–Crippen MR) is 489 cm³/mol. The molecule has 133 heavy (non-hydrogen) atoms. The monoisotopic (exact) mass is 1880 g/mol. The van der Waals surface area contributed by atoms with Gasteiger partial charge in [0.15, 0.2) is 5.96 Å². The molecule has 0 saturated heterocycles. The highest BCUT2D eigenvalue weighted by atomic mass is 16.4. The predicted octanol–water partition coefficient (Wildman–Crippen LogP) is -1.63. The lowest BCUT2D eigenvalue weighted by Gasteiger charge is -2.31. The highest BCUT2D eigenvalue weighted by molar-refractivity contribution is 6.01. The topological polar surface area (TPSA) is 737 Å². The average molecular weight is 1880 g/mol. The first-order valence-corrected chi connectivity index (χ1v) is 45.3. The van der Waals surface area contributed by atoms with Gasteiger partial charge in [-0.3, -0.25) is 86.9 Å². The zero-order valence-corrected chi connectivity index (χ0v) is 78.5. The summed E-state index contributed by atoms with van der Waals surface area (Å²) >= 11 is 0. The number of aliphatic hydroxyl groups is 1. The number of carbonyl (C=O) groups excluding carboxylic acids is 14. The summed E-state index contributed by atoms with van der Waals surface area (Å²) in [4.78, 5) is 249. The Hall–Kier alpha value is -12.2. The molecule has 0 aliphatic carbocycles. The van der Waals surface area contributed by atoms with Crippen LogP contribution in [0.3, 0.4) is 0 Å². The van der Waals surface area contributed by atoms with Crippen molar-refractivity contribution in [3.05, 3.63) is 65.7 Å². The fourth-order valence-corrected chi connectivity index (χ4v) is 14.0. The molecule has 30 N–H and O–H groups in total. The third kappa shape index (κ3) is 45.7. The molecule has 0 fully saturated rings. The normalized spacial score (nSPS) is 15.2. The molecule has 2 rings (SSSR count). The lowest BCUT2D eigenvalue weighted by atomic mass is 9.95. The Balaban J connectivity index is 2.59. The van der Waals surface area contributed by atoms with Crippen LogP contribution in [0.15, 0.2) is 54.6 Å². The molecule has 0 heterocycles. The van der Waals surface area contributed by atoms with E-state index in [1.807, 2.05) is 0 Å². The number of carboxylic acids is 4. The summed E-state index contributed by atoms with van der Waals surface area (Å²) < 4.78 is 0. The van der Waals surface area contributed by atoms with Gasteiger partial charge >= 0.3 is 23.9 Å². The number of phenols is 1. The van der Waals surface area contributed by atoms with Crippen LogP contribution >= 0.6 is 0 Å². The number of rotatable bonds is 65. The smallest absolute Gasteiger partial charge is 0.326 e. The van der Waals surface area contributed by atoms with Gasteiger partial charge in [0.2, 0.25) is 82.7 Å². The van der Waals surface area contributed by atoms with Gasteiger partial charge in [0.05, 0.1) is 18.6 Å². The lowest BCUT2D eigenvalue weighted by molar-refractivity contribution is -0.142. The van der Waals surface area contributed by atoms with E-state index in [0.717, 1.165) is 6.92 Å². The minimum Gasteiger partial charge on any atom is -0.508 e. The molecule has 44 nitrogen and oxygen atoms in total. The number of hydrogen-bond acceptors (Lipinski definition) is 24. The van der Waals surface area contributed by atoms with E-state index < -0.39 is 253 Å². The van der Waals surface area contributed by atoms with E-state index in [1.165, 1.54) is 38.1 Å². The minimum atomic E-state index is -1.88. The van der Waals surface area contributed by atoms with E-state index >= 15 is 0 Å². The van der Waals surface area contributed by atoms with E-state index in [9.17, 15) is 112 Å². The number of nitrogens with two attached hydrogens (primary N) is 4. The number of nitrogens with one attached hydrogen (secondary N) is 16. The van der Waals surface area contributed by atoms with Gasteiger partial charge in [0.25, 0.3) is 0 Å². The third-order valence-electron chi connectivity index (χ3n) is 21.4. The van der Waals surface area contributed by atoms with Crippen LogP contribution in [0.25, 0.3) is 0 Å². The number of amides is 14. The summed E-state index contributed by atoms with van der Waals surface area (Å²) in [5, 5.41) is 106. The Labute approximate surface area is 776 Å². The van der Waals surface area contributed by atoms with Crippen molar-refractivity contribution in [2.75, 3.05) is 19.6 Å². The Bertz CT molecular complexity index is 4160. The van der Waals surface area contributed by atoms with Crippen LogP contribution in [-0.4, -0.2) is 260 Å². The van der Waals surface area contributed by atoms with Crippen LogP contribution in [0.5, 0.6) is 5.75 Å². The molecule has 0 radical (unpaired) electrons. The fourth-order valence-electron chi connectivity index (χ4n) is 14.0. The maximum absolute atomic E-state index is 14.9. The molecule has 2 aromatic carbocycles. The lowest BCUT2D eigenvalue weighted by Crippen LogP contribution is -2.63. The van der Waals surface area contributed by atoms with Crippen molar-refractivity contribution in [3.8, 4) is 5.75 Å². The first-order chi connectivity index (χ1) is 62.4. The number of aliphatic hydroxyl groups excluding tert-OH is 1. The van der Waals surface area contributed by atoms with Gasteiger partial charge < -0.3 is 133 Å².